The Bertz CT molecular complexity index is 375. The molecule has 0 unspecified atom stereocenters. The van der Waals surface area contributed by atoms with E-state index in [1.807, 2.05) is 12.4 Å². The minimum absolute atomic E-state index is 0.259. The molecule has 1 aromatic heterocycles. The number of β-amino-alcohol motifs (C(OH)–C–C–N with tert-alkyl or cyclic N) is 1. The van der Waals surface area contributed by atoms with E-state index >= 15 is 0 Å². The fraction of sp³-hybridized carbons (Fsp3) is 0.615. The van der Waals surface area contributed by atoms with Crippen molar-refractivity contribution in [2.75, 3.05) is 39.3 Å². The van der Waals surface area contributed by atoms with E-state index in [0.717, 1.165) is 43.7 Å². The Labute approximate surface area is 117 Å². The van der Waals surface area contributed by atoms with Gasteiger partial charge in [0.05, 0.1) is 6.61 Å². The summed E-state index contributed by atoms with van der Waals surface area (Å²) in [5, 5.41) is 8.97. The van der Waals surface area contributed by atoms with E-state index in [2.05, 4.69) is 36.8 Å². The maximum absolute atomic E-state index is 8.97. The average molecular weight is 314 g/mol. The summed E-state index contributed by atoms with van der Waals surface area (Å²) in [6, 6.07) is 2.13. The first-order valence-corrected chi connectivity index (χ1v) is 7.22. The van der Waals surface area contributed by atoms with Gasteiger partial charge >= 0.3 is 0 Å². The minimum Gasteiger partial charge on any atom is -0.395 e. The molecule has 0 bridgehead atoms. The summed E-state index contributed by atoms with van der Waals surface area (Å²) < 4.78 is 1.04. The molecule has 2 heterocycles. The summed E-state index contributed by atoms with van der Waals surface area (Å²) in [6.45, 7) is 6.33. The maximum Gasteiger partial charge on any atom is 0.0558 e. The van der Waals surface area contributed by atoms with E-state index in [1.54, 1.807) is 0 Å². The number of pyridine rings is 1. The lowest BCUT2D eigenvalue weighted by molar-refractivity contribution is 0.196. The molecule has 18 heavy (non-hydrogen) atoms. The molecule has 1 N–H and O–H groups in total. The van der Waals surface area contributed by atoms with E-state index in [4.69, 9.17) is 5.11 Å². The summed E-state index contributed by atoms with van der Waals surface area (Å²) in [6.07, 6.45) is 4.91. The molecular formula is C13H20BrN3O. The van der Waals surface area contributed by atoms with Crippen LogP contribution in [0.2, 0.25) is 0 Å². The van der Waals surface area contributed by atoms with Gasteiger partial charge in [0.15, 0.2) is 0 Å². The highest BCUT2D eigenvalue weighted by molar-refractivity contribution is 9.10. The quantitative estimate of drug-likeness (QED) is 0.910. The molecule has 0 radical (unpaired) electrons. The monoisotopic (exact) mass is 313 g/mol. The second-order valence-electron chi connectivity index (χ2n) is 4.71. The highest BCUT2D eigenvalue weighted by Gasteiger charge is 2.14. The van der Waals surface area contributed by atoms with Crippen LogP contribution in [-0.2, 0) is 6.54 Å². The first-order chi connectivity index (χ1) is 8.78. The van der Waals surface area contributed by atoms with Crippen LogP contribution in [0.5, 0.6) is 0 Å². The van der Waals surface area contributed by atoms with Crippen LogP contribution in [0.25, 0.3) is 0 Å². The van der Waals surface area contributed by atoms with Crippen molar-refractivity contribution < 1.29 is 5.11 Å². The smallest absolute Gasteiger partial charge is 0.0558 e. The first-order valence-electron chi connectivity index (χ1n) is 6.43. The summed E-state index contributed by atoms with van der Waals surface area (Å²) >= 11 is 3.46. The predicted molar refractivity (Wildman–Crippen MR) is 75.4 cm³/mol. The van der Waals surface area contributed by atoms with E-state index in [-0.39, 0.29) is 6.61 Å². The van der Waals surface area contributed by atoms with Gasteiger partial charge in [-0.1, -0.05) is 0 Å². The number of nitrogens with zero attached hydrogens (tertiary/aromatic N) is 3. The molecule has 1 aliphatic heterocycles. The summed E-state index contributed by atoms with van der Waals surface area (Å²) in [7, 11) is 0. The number of aliphatic hydroxyl groups excluding tert-OH is 1. The number of hydrogen-bond acceptors (Lipinski definition) is 4. The molecule has 0 aromatic carbocycles. The molecule has 0 saturated carbocycles. The van der Waals surface area contributed by atoms with Crippen LogP contribution in [0.1, 0.15) is 12.0 Å². The Morgan fingerprint density at radius 3 is 2.72 bits per heavy atom. The van der Waals surface area contributed by atoms with E-state index in [9.17, 15) is 0 Å². The van der Waals surface area contributed by atoms with Gasteiger partial charge in [-0.15, -0.1) is 0 Å². The second kappa shape index (κ2) is 7.19. The van der Waals surface area contributed by atoms with Crippen LogP contribution < -0.4 is 0 Å². The molecule has 0 amide bonds. The topological polar surface area (TPSA) is 39.6 Å². The lowest BCUT2D eigenvalue weighted by Gasteiger charge is -2.21. The highest BCUT2D eigenvalue weighted by Crippen LogP contribution is 2.13. The van der Waals surface area contributed by atoms with Gasteiger partial charge in [0.25, 0.3) is 0 Å². The largest absolute Gasteiger partial charge is 0.395 e. The van der Waals surface area contributed by atoms with Gasteiger partial charge in [0.1, 0.15) is 0 Å². The van der Waals surface area contributed by atoms with Gasteiger partial charge in [0.2, 0.25) is 0 Å². The van der Waals surface area contributed by atoms with Crippen LogP contribution in [-0.4, -0.2) is 59.2 Å². The van der Waals surface area contributed by atoms with Crippen molar-refractivity contribution in [3.8, 4) is 0 Å². The molecule has 0 aliphatic carbocycles. The Hall–Kier alpha value is -0.490. The van der Waals surface area contributed by atoms with Gasteiger partial charge in [0, 0.05) is 43.0 Å². The lowest BCUT2D eigenvalue weighted by atomic mass is 10.2. The fourth-order valence-electron chi connectivity index (χ4n) is 2.35. The molecule has 1 fully saturated rings. The van der Waals surface area contributed by atoms with Crippen LogP contribution in [0.4, 0.5) is 0 Å². The Kier molecular flexibility index (Phi) is 5.56. The zero-order valence-corrected chi connectivity index (χ0v) is 12.1. The zero-order valence-electron chi connectivity index (χ0n) is 10.6. The second-order valence-corrected chi connectivity index (χ2v) is 5.62. The molecule has 1 aromatic rings. The molecular weight excluding hydrogens is 294 g/mol. The van der Waals surface area contributed by atoms with Crippen LogP contribution >= 0.6 is 15.9 Å². The molecule has 1 saturated heterocycles. The van der Waals surface area contributed by atoms with Crippen molar-refractivity contribution >= 4 is 15.9 Å². The third kappa shape index (κ3) is 4.31. The van der Waals surface area contributed by atoms with Crippen LogP contribution in [0.3, 0.4) is 0 Å². The number of rotatable bonds is 4. The van der Waals surface area contributed by atoms with Crippen LogP contribution in [0, 0.1) is 0 Å². The zero-order chi connectivity index (χ0) is 12.8. The van der Waals surface area contributed by atoms with E-state index in [1.165, 1.54) is 12.0 Å². The van der Waals surface area contributed by atoms with Crippen molar-refractivity contribution in [2.45, 2.75) is 13.0 Å². The maximum atomic E-state index is 8.97. The fourth-order valence-corrected chi connectivity index (χ4v) is 2.76. The van der Waals surface area contributed by atoms with Crippen molar-refractivity contribution in [3.05, 3.63) is 28.5 Å². The predicted octanol–water partition coefficient (Wildman–Crippen LogP) is 1.34. The molecule has 2 rings (SSSR count). The van der Waals surface area contributed by atoms with Gasteiger partial charge in [-0.3, -0.25) is 14.8 Å². The van der Waals surface area contributed by atoms with Crippen LogP contribution in [0.15, 0.2) is 22.9 Å². The summed E-state index contributed by atoms with van der Waals surface area (Å²) in [5.74, 6) is 0. The van der Waals surface area contributed by atoms with Crippen molar-refractivity contribution in [3.63, 3.8) is 0 Å². The van der Waals surface area contributed by atoms with Gasteiger partial charge < -0.3 is 5.11 Å². The first kappa shape index (κ1) is 13.9. The number of aromatic nitrogens is 1. The van der Waals surface area contributed by atoms with Crippen molar-refractivity contribution in [1.29, 1.82) is 0 Å². The molecule has 100 valence electrons. The SMILES string of the molecule is OCCN1CCCN(Cc2cncc(Br)c2)CC1. The average Bonchev–Trinajstić information content (AvgIpc) is 2.56. The van der Waals surface area contributed by atoms with Crippen molar-refractivity contribution in [2.24, 2.45) is 0 Å². The number of halogens is 1. The molecule has 0 spiro atoms. The minimum atomic E-state index is 0.259. The van der Waals surface area contributed by atoms with Gasteiger partial charge in [-0.05, 0) is 47.1 Å². The molecule has 0 atom stereocenters. The third-order valence-corrected chi connectivity index (χ3v) is 3.70. The lowest BCUT2D eigenvalue weighted by Crippen LogP contribution is -2.32. The molecule has 5 heteroatoms. The standard InChI is InChI=1S/C13H20BrN3O/c14-13-8-12(9-15-10-13)11-17-3-1-2-16(4-5-17)6-7-18/h8-10,18H,1-7,11H2. The highest BCUT2D eigenvalue weighted by atomic mass is 79.9. The van der Waals surface area contributed by atoms with Crippen molar-refractivity contribution in [1.82, 2.24) is 14.8 Å². The molecule has 1 aliphatic rings. The summed E-state index contributed by atoms with van der Waals surface area (Å²) in [5.41, 5.74) is 1.25. The third-order valence-electron chi connectivity index (χ3n) is 3.27. The Balaban J connectivity index is 1.87. The van der Waals surface area contributed by atoms with Gasteiger partial charge in [-0.25, -0.2) is 0 Å². The van der Waals surface area contributed by atoms with E-state index in [0.29, 0.717) is 0 Å². The molecule has 4 nitrogen and oxygen atoms in total. The number of hydrogen-bond donors (Lipinski definition) is 1. The normalized spacial score (nSPS) is 18.8. The Morgan fingerprint density at radius 1 is 1.17 bits per heavy atom. The number of aliphatic hydroxyl groups is 1. The van der Waals surface area contributed by atoms with Gasteiger partial charge in [-0.2, -0.15) is 0 Å². The summed E-state index contributed by atoms with van der Waals surface area (Å²) in [4.78, 5) is 8.99. The van der Waals surface area contributed by atoms with E-state index < -0.39 is 0 Å². The Morgan fingerprint density at radius 2 is 1.94 bits per heavy atom.